The average Bonchev–Trinajstić information content (AvgIpc) is 3.20. The number of aryl methyl sites for hydroxylation is 1. The summed E-state index contributed by atoms with van der Waals surface area (Å²) in [5.74, 6) is 0.858. The number of aromatic nitrogens is 3. The van der Waals surface area contributed by atoms with E-state index >= 15 is 0 Å². The molecule has 1 aromatic carbocycles. The van der Waals surface area contributed by atoms with Crippen LogP contribution in [-0.4, -0.2) is 21.0 Å². The van der Waals surface area contributed by atoms with Crippen LogP contribution < -0.4 is 10.1 Å². The van der Waals surface area contributed by atoms with Crippen molar-refractivity contribution in [2.75, 3.05) is 11.9 Å². The lowest BCUT2D eigenvalue weighted by atomic mass is 10.3. The molecule has 0 aliphatic heterocycles. The first-order chi connectivity index (χ1) is 12.6. The van der Waals surface area contributed by atoms with Crippen molar-refractivity contribution < 1.29 is 4.74 Å². The van der Waals surface area contributed by atoms with E-state index in [1.54, 1.807) is 11.3 Å². The number of hydrogen-bond donors (Lipinski definition) is 1. The van der Waals surface area contributed by atoms with Gasteiger partial charge in [0.2, 0.25) is 0 Å². The van der Waals surface area contributed by atoms with Gasteiger partial charge in [0.1, 0.15) is 17.1 Å². The normalized spacial score (nSPS) is 10.6. The number of thiazole rings is 1. The van der Waals surface area contributed by atoms with E-state index in [1.165, 1.54) is 0 Å². The van der Waals surface area contributed by atoms with Gasteiger partial charge < -0.3 is 10.1 Å². The highest BCUT2D eigenvalue weighted by Crippen LogP contribution is 2.30. The summed E-state index contributed by atoms with van der Waals surface area (Å²) < 4.78 is 7.45. The number of ether oxygens (including phenoxy) is 1. The molecule has 0 spiro atoms. The lowest BCUT2D eigenvalue weighted by molar-refractivity contribution is 0.340. The summed E-state index contributed by atoms with van der Waals surface area (Å²) in [6.07, 6.45) is 1.87. The van der Waals surface area contributed by atoms with Crippen LogP contribution in [0.25, 0.3) is 17.0 Å². The fourth-order valence-corrected chi connectivity index (χ4v) is 3.69. The minimum atomic E-state index is 0. The standard InChI is InChI=1S/C19H17ClN4OS.BrH/c1-3-25-15-7-5-14(6-8-15)22-19-23-16(11-26-19)18-12(2)21-17-9-4-13(20)10-24(17)18;/h4-11H,3H2,1-2H3,(H,22,23);1H. The zero-order chi connectivity index (χ0) is 18.1. The van der Waals surface area contributed by atoms with Crippen LogP contribution in [0.1, 0.15) is 12.6 Å². The van der Waals surface area contributed by atoms with Crippen LogP contribution in [0.2, 0.25) is 5.02 Å². The molecule has 0 radical (unpaired) electrons. The first-order valence-corrected chi connectivity index (χ1v) is 9.50. The van der Waals surface area contributed by atoms with Crippen molar-refractivity contribution in [2.24, 2.45) is 0 Å². The van der Waals surface area contributed by atoms with Gasteiger partial charge in [0, 0.05) is 17.3 Å². The van der Waals surface area contributed by atoms with E-state index in [4.69, 9.17) is 21.3 Å². The van der Waals surface area contributed by atoms with Gasteiger partial charge in [-0.1, -0.05) is 11.6 Å². The van der Waals surface area contributed by atoms with Gasteiger partial charge >= 0.3 is 0 Å². The van der Waals surface area contributed by atoms with Gasteiger partial charge in [0.05, 0.1) is 23.0 Å². The highest BCUT2D eigenvalue weighted by molar-refractivity contribution is 8.93. The van der Waals surface area contributed by atoms with Crippen LogP contribution in [0.3, 0.4) is 0 Å². The summed E-state index contributed by atoms with van der Waals surface area (Å²) in [6.45, 7) is 4.61. The fraction of sp³-hybridized carbons (Fsp3) is 0.158. The van der Waals surface area contributed by atoms with E-state index in [0.29, 0.717) is 11.6 Å². The summed E-state index contributed by atoms with van der Waals surface area (Å²) >= 11 is 7.70. The van der Waals surface area contributed by atoms with E-state index in [9.17, 15) is 0 Å². The maximum absolute atomic E-state index is 6.15. The molecule has 0 aliphatic carbocycles. The number of imidazole rings is 1. The second-order valence-electron chi connectivity index (χ2n) is 5.74. The van der Waals surface area contributed by atoms with Crippen LogP contribution in [0.4, 0.5) is 10.8 Å². The number of nitrogens with one attached hydrogen (secondary N) is 1. The Bertz CT molecular complexity index is 1060. The van der Waals surface area contributed by atoms with Crippen LogP contribution in [0, 0.1) is 6.92 Å². The number of halogens is 2. The first kappa shape index (κ1) is 19.7. The molecule has 4 rings (SSSR count). The average molecular weight is 466 g/mol. The predicted octanol–water partition coefficient (Wildman–Crippen LogP) is 6.14. The van der Waals surface area contributed by atoms with Crippen molar-refractivity contribution in [1.29, 1.82) is 0 Å². The molecular formula is C19H18BrClN4OS. The van der Waals surface area contributed by atoms with Gasteiger partial charge in [-0.25, -0.2) is 9.97 Å². The molecule has 27 heavy (non-hydrogen) atoms. The van der Waals surface area contributed by atoms with Crippen molar-refractivity contribution in [3.05, 3.63) is 58.7 Å². The molecule has 140 valence electrons. The number of hydrogen-bond acceptors (Lipinski definition) is 5. The molecule has 0 aliphatic rings. The summed E-state index contributed by atoms with van der Waals surface area (Å²) in [5, 5.41) is 6.84. The number of benzene rings is 1. The summed E-state index contributed by atoms with van der Waals surface area (Å²) in [6, 6.07) is 11.6. The second-order valence-corrected chi connectivity index (χ2v) is 7.04. The molecule has 0 saturated heterocycles. The van der Waals surface area contributed by atoms with Crippen molar-refractivity contribution in [3.8, 4) is 17.1 Å². The Morgan fingerprint density at radius 1 is 1.15 bits per heavy atom. The molecule has 0 saturated carbocycles. The van der Waals surface area contributed by atoms with Crippen molar-refractivity contribution in [3.63, 3.8) is 0 Å². The molecule has 4 aromatic rings. The Balaban J connectivity index is 0.00000210. The molecule has 3 aromatic heterocycles. The summed E-state index contributed by atoms with van der Waals surface area (Å²) in [5.41, 5.74) is 4.57. The quantitative estimate of drug-likeness (QED) is 0.384. The third kappa shape index (κ3) is 4.10. The highest BCUT2D eigenvalue weighted by Gasteiger charge is 2.14. The van der Waals surface area contributed by atoms with Crippen LogP contribution in [0.15, 0.2) is 48.0 Å². The van der Waals surface area contributed by atoms with E-state index in [2.05, 4.69) is 10.3 Å². The zero-order valence-electron chi connectivity index (χ0n) is 14.8. The zero-order valence-corrected chi connectivity index (χ0v) is 18.1. The number of nitrogens with zero attached hydrogens (tertiary/aromatic N) is 3. The van der Waals surface area contributed by atoms with E-state index < -0.39 is 0 Å². The Hall–Kier alpha value is -2.09. The minimum absolute atomic E-state index is 0. The smallest absolute Gasteiger partial charge is 0.187 e. The molecule has 0 fully saturated rings. The maximum atomic E-state index is 6.15. The molecule has 0 atom stereocenters. The Morgan fingerprint density at radius 2 is 1.93 bits per heavy atom. The minimum Gasteiger partial charge on any atom is -0.494 e. The summed E-state index contributed by atoms with van der Waals surface area (Å²) in [4.78, 5) is 9.31. The number of rotatable bonds is 5. The van der Waals surface area contributed by atoms with E-state index in [-0.39, 0.29) is 17.0 Å². The van der Waals surface area contributed by atoms with Crippen molar-refractivity contribution >= 4 is 56.4 Å². The van der Waals surface area contributed by atoms with Gasteiger partial charge in [0.15, 0.2) is 5.13 Å². The SMILES string of the molecule is Br.CCOc1ccc(Nc2nc(-c3c(C)nc4ccc(Cl)cn34)cs2)cc1. The number of anilines is 2. The maximum Gasteiger partial charge on any atom is 0.187 e. The first-order valence-electron chi connectivity index (χ1n) is 8.24. The molecular weight excluding hydrogens is 448 g/mol. The third-order valence-corrected chi connectivity index (χ3v) is 4.90. The number of pyridine rings is 1. The Labute approximate surface area is 176 Å². The van der Waals surface area contributed by atoms with Gasteiger partial charge in [-0.2, -0.15) is 0 Å². The third-order valence-electron chi connectivity index (χ3n) is 3.92. The lowest BCUT2D eigenvalue weighted by Crippen LogP contribution is -1.93. The van der Waals surface area contributed by atoms with Gasteiger partial charge in [-0.15, -0.1) is 28.3 Å². The van der Waals surface area contributed by atoms with Gasteiger partial charge in [-0.3, -0.25) is 4.40 Å². The van der Waals surface area contributed by atoms with Crippen LogP contribution >= 0.6 is 39.9 Å². The topological polar surface area (TPSA) is 51.5 Å². The van der Waals surface area contributed by atoms with E-state index in [1.807, 2.05) is 66.2 Å². The highest BCUT2D eigenvalue weighted by atomic mass is 79.9. The molecule has 0 bridgehead atoms. The van der Waals surface area contributed by atoms with Crippen molar-refractivity contribution in [1.82, 2.24) is 14.4 Å². The predicted molar refractivity (Wildman–Crippen MR) is 117 cm³/mol. The largest absolute Gasteiger partial charge is 0.494 e. The molecule has 5 nitrogen and oxygen atoms in total. The second kappa shape index (κ2) is 8.29. The van der Waals surface area contributed by atoms with Crippen LogP contribution in [0.5, 0.6) is 5.75 Å². The molecule has 3 heterocycles. The van der Waals surface area contributed by atoms with Gasteiger partial charge in [0.25, 0.3) is 0 Å². The lowest BCUT2D eigenvalue weighted by Gasteiger charge is -2.05. The van der Waals surface area contributed by atoms with Crippen LogP contribution in [-0.2, 0) is 0 Å². The number of fused-ring (bicyclic) bond motifs is 1. The molecule has 0 amide bonds. The molecule has 0 unspecified atom stereocenters. The van der Waals surface area contributed by atoms with Gasteiger partial charge in [-0.05, 0) is 50.2 Å². The monoisotopic (exact) mass is 464 g/mol. The van der Waals surface area contributed by atoms with E-state index in [0.717, 1.165) is 39.3 Å². The van der Waals surface area contributed by atoms with Crippen molar-refractivity contribution in [2.45, 2.75) is 13.8 Å². The summed E-state index contributed by atoms with van der Waals surface area (Å²) in [7, 11) is 0. The molecule has 1 N–H and O–H groups in total. The Kier molecular flexibility index (Phi) is 6.04. The Morgan fingerprint density at radius 3 is 2.67 bits per heavy atom. The fourth-order valence-electron chi connectivity index (χ4n) is 2.81. The molecule has 8 heteroatoms.